The van der Waals surface area contributed by atoms with Crippen LogP contribution in [0.2, 0.25) is 0 Å². The number of cyclic esters (lactones) is 1. The van der Waals surface area contributed by atoms with Crippen molar-refractivity contribution < 1.29 is 19.1 Å². The number of nitrogens with zero attached hydrogens (tertiary/aromatic N) is 1. The average Bonchev–Trinajstić information content (AvgIpc) is 2.71. The van der Waals surface area contributed by atoms with Gasteiger partial charge in [-0.2, -0.15) is 0 Å². The number of nitrogens with two attached hydrogens (primary N) is 1. The number of carbonyl (C=O) groups is 2. The van der Waals surface area contributed by atoms with E-state index in [2.05, 4.69) is 5.32 Å². The SMILES string of the molecule is NCC1CN(CC(=O)NC2CCOCC2)C(=O)O1. The van der Waals surface area contributed by atoms with Crippen molar-refractivity contribution in [1.82, 2.24) is 10.2 Å². The molecule has 2 rings (SSSR count). The summed E-state index contributed by atoms with van der Waals surface area (Å²) in [5.41, 5.74) is 5.42. The van der Waals surface area contributed by atoms with Crippen molar-refractivity contribution in [2.24, 2.45) is 5.73 Å². The minimum absolute atomic E-state index is 0.0344. The maximum absolute atomic E-state index is 11.8. The lowest BCUT2D eigenvalue weighted by molar-refractivity contribution is -0.122. The Morgan fingerprint density at radius 2 is 2.17 bits per heavy atom. The van der Waals surface area contributed by atoms with E-state index in [1.54, 1.807) is 0 Å². The second kappa shape index (κ2) is 6.01. The van der Waals surface area contributed by atoms with Gasteiger partial charge in [-0.25, -0.2) is 4.79 Å². The Labute approximate surface area is 106 Å². The van der Waals surface area contributed by atoms with Crippen LogP contribution in [0.15, 0.2) is 0 Å². The van der Waals surface area contributed by atoms with E-state index >= 15 is 0 Å². The molecule has 3 N–H and O–H groups in total. The highest BCUT2D eigenvalue weighted by Gasteiger charge is 2.31. The van der Waals surface area contributed by atoms with Gasteiger partial charge in [0.05, 0.1) is 6.54 Å². The molecule has 0 bridgehead atoms. The summed E-state index contributed by atoms with van der Waals surface area (Å²) in [4.78, 5) is 24.6. The molecule has 7 nitrogen and oxygen atoms in total. The quantitative estimate of drug-likeness (QED) is 0.678. The van der Waals surface area contributed by atoms with Crippen molar-refractivity contribution in [2.75, 3.05) is 32.8 Å². The Morgan fingerprint density at radius 1 is 1.44 bits per heavy atom. The van der Waals surface area contributed by atoms with Gasteiger partial charge in [0.15, 0.2) is 0 Å². The molecule has 1 unspecified atom stereocenters. The van der Waals surface area contributed by atoms with Crippen molar-refractivity contribution in [3.8, 4) is 0 Å². The summed E-state index contributed by atoms with van der Waals surface area (Å²) in [6.45, 7) is 2.05. The lowest BCUT2D eigenvalue weighted by atomic mass is 10.1. The van der Waals surface area contributed by atoms with E-state index in [1.165, 1.54) is 4.90 Å². The Hall–Kier alpha value is -1.34. The maximum atomic E-state index is 11.8. The van der Waals surface area contributed by atoms with Gasteiger partial charge in [-0.15, -0.1) is 0 Å². The fourth-order valence-electron chi connectivity index (χ4n) is 2.12. The number of hydrogen-bond donors (Lipinski definition) is 2. The number of rotatable bonds is 4. The molecule has 0 aliphatic carbocycles. The summed E-state index contributed by atoms with van der Waals surface area (Å²) in [6, 6.07) is 0.148. The zero-order valence-electron chi connectivity index (χ0n) is 10.3. The Bertz CT molecular complexity index is 317. The van der Waals surface area contributed by atoms with Crippen molar-refractivity contribution in [3.05, 3.63) is 0 Å². The highest BCUT2D eigenvalue weighted by atomic mass is 16.6. The second-order valence-electron chi connectivity index (χ2n) is 4.58. The Balaban J connectivity index is 1.75. The zero-order valence-corrected chi connectivity index (χ0v) is 10.3. The topological polar surface area (TPSA) is 93.9 Å². The lowest BCUT2D eigenvalue weighted by Gasteiger charge is -2.24. The highest BCUT2D eigenvalue weighted by molar-refractivity contribution is 5.83. The Morgan fingerprint density at radius 3 is 2.78 bits per heavy atom. The molecule has 0 aromatic carbocycles. The first-order chi connectivity index (χ1) is 8.69. The molecule has 18 heavy (non-hydrogen) atoms. The van der Waals surface area contributed by atoms with Crippen molar-refractivity contribution in [1.29, 1.82) is 0 Å². The third-order valence-corrected chi connectivity index (χ3v) is 3.13. The molecular formula is C11H19N3O4. The van der Waals surface area contributed by atoms with Crippen LogP contribution in [0.1, 0.15) is 12.8 Å². The van der Waals surface area contributed by atoms with E-state index < -0.39 is 6.09 Å². The van der Waals surface area contributed by atoms with Crippen LogP contribution in [0, 0.1) is 0 Å². The zero-order chi connectivity index (χ0) is 13.0. The molecule has 2 aliphatic rings. The molecular weight excluding hydrogens is 238 g/mol. The van der Waals surface area contributed by atoms with E-state index in [1.807, 2.05) is 0 Å². The first-order valence-corrected chi connectivity index (χ1v) is 6.21. The van der Waals surface area contributed by atoms with Gasteiger partial charge in [0.2, 0.25) is 5.91 Å². The van der Waals surface area contributed by atoms with Crippen LogP contribution in [0.4, 0.5) is 4.79 Å². The smallest absolute Gasteiger partial charge is 0.410 e. The molecule has 0 aromatic rings. The third-order valence-electron chi connectivity index (χ3n) is 3.13. The molecule has 102 valence electrons. The summed E-state index contributed by atoms with van der Waals surface area (Å²) in [5, 5.41) is 2.90. The molecule has 2 aliphatic heterocycles. The van der Waals surface area contributed by atoms with E-state index in [0.29, 0.717) is 19.8 Å². The average molecular weight is 257 g/mol. The minimum Gasteiger partial charge on any atom is -0.443 e. The van der Waals surface area contributed by atoms with Crippen molar-refractivity contribution >= 4 is 12.0 Å². The number of amides is 2. The molecule has 0 radical (unpaired) electrons. The maximum Gasteiger partial charge on any atom is 0.410 e. The van der Waals surface area contributed by atoms with Crippen LogP contribution < -0.4 is 11.1 Å². The van der Waals surface area contributed by atoms with E-state index in [-0.39, 0.29) is 31.1 Å². The predicted molar refractivity (Wildman–Crippen MR) is 62.9 cm³/mol. The van der Waals surface area contributed by atoms with Crippen LogP contribution in [-0.4, -0.2) is 61.9 Å². The molecule has 1 atom stereocenters. The minimum atomic E-state index is -0.465. The number of carbonyl (C=O) groups excluding carboxylic acids is 2. The molecule has 0 spiro atoms. The van der Waals surface area contributed by atoms with Crippen LogP contribution in [0.3, 0.4) is 0 Å². The van der Waals surface area contributed by atoms with Gasteiger partial charge in [0.1, 0.15) is 12.6 Å². The van der Waals surface area contributed by atoms with Crippen molar-refractivity contribution in [3.63, 3.8) is 0 Å². The molecule has 2 heterocycles. The summed E-state index contributed by atoms with van der Waals surface area (Å²) < 4.78 is 10.2. The van der Waals surface area contributed by atoms with Gasteiger partial charge in [0, 0.05) is 25.8 Å². The van der Waals surface area contributed by atoms with Gasteiger partial charge in [0.25, 0.3) is 0 Å². The fraction of sp³-hybridized carbons (Fsp3) is 0.818. The third kappa shape index (κ3) is 3.33. The summed E-state index contributed by atoms with van der Waals surface area (Å²) in [7, 11) is 0. The van der Waals surface area contributed by atoms with Gasteiger partial charge in [-0.1, -0.05) is 0 Å². The van der Waals surface area contributed by atoms with Gasteiger partial charge < -0.3 is 20.5 Å². The molecule has 2 fully saturated rings. The van der Waals surface area contributed by atoms with Gasteiger partial charge >= 0.3 is 6.09 Å². The summed E-state index contributed by atoms with van der Waals surface area (Å²) >= 11 is 0. The molecule has 2 saturated heterocycles. The van der Waals surface area contributed by atoms with E-state index in [4.69, 9.17) is 15.2 Å². The highest BCUT2D eigenvalue weighted by Crippen LogP contribution is 2.10. The molecule has 2 amide bonds. The fourth-order valence-corrected chi connectivity index (χ4v) is 2.12. The Kier molecular flexibility index (Phi) is 4.38. The monoisotopic (exact) mass is 257 g/mol. The number of ether oxygens (including phenoxy) is 2. The largest absolute Gasteiger partial charge is 0.443 e. The van der Waals surface area contributed by atoms with Crippen LogP contribution in [0.5, 0.6) is 0 Å². The van der Waals surface area contributed by atoms with E-state index in [9.17, 15) is 9.59 Å². The predicted octanol–water partition coefficient (Wildman–Crippen LogP) is -0.939. The molecule has 0 saturated carbocycles. The summed E-state index contributed by atoms with van der Waals surface area (Å²) in [5.74, 6) is -0.156. The van der Waals surface area contributed by atoms with Crippen LogP contribution in [0.25, 0.3) is 0 Å². The number of hydrogen-bond acceptors (Lipinski definition) is 5. The first-order valence-electron chi connectivity index (χ1n) is 6.21. The van der Waals surface area contributed by atoms with Gasteiger partial charge in [-0.3, -0.25) is 9.69 Å². The molecule has 7 heteroatoms. The number of nitrogens with one attached hydrogen (secondary N) is 1. The van der Waals surface area contributed by atoms with Crippen LogP contribution >= 0.6 is 0 Å². The van der Waals surface area contributed by atoms with Crippen LogP contribution in [-0.2, 0) is 14.3 Å². The van der Waals surface area contributed by atoms with E-state index in [0.717, 1.165) is 12.8 Å². The summed E-state index contributed by atoms with van der Waals surface area (Å²) in [6.07, 6.45) is 0.879. The van der Waals surface area contributed by atoms with Gasteiger partial charge in [-0.05, 0) is 12.8 Å². The normalized spacial score (nSPS) is 25.1. The molecule has 0 aromatic heterocycles. The first kappa shape index (κ1) is 13.1. The standard InChI is InChI=1S/C11H19N3O4/c12-5-9-6-14(11(16)18-9)7-10(15)13-8-1-3-17-4-2-8/h8-9H,1-7,12H2,(H,13,15). The second-order valence-corrected chi connectivity index (χ2v) is 4.58. The van der Waals surface area contributed by atoms with Crippen molar-refractivity contribution in [2.45, 2.75) is 25.0 Å². The lowest BCUT2D eigenvalue weighted by Crippen LogP contribution is -2.44.